The van der Waals surface area contributed by atoms with E-state index in [1.807, 2.05) is 12.1 Å². The minimum atomic E-state index is -0.722. The minimum absolute atomic E-state index is 0.407. The average molecular weight is 343 g/mol. The van der Waals surface area contributed by atoms with E-state index in [1.54, 1.807) is 37.6 Å². The zero-order valence-corrected chi connectivity index (χ0v) is 14.5. The third-order valence-corrected chi connectivity index (χ3v) is 3.68. The van der Waals surface area contributed by atoms with Crippen LogP contribution in [0.3, 0.4) is 0 Å². The number of nitrogens with one attached hydrogen (secondary N) is 1. The molecule has 0 unspecified atom stereocenters. The number of hydrogen-bond acceptors (Lipinski definition) is 5. The SMILES string of the molecule is COc1ccc(NC(=O)C(=O)N(C)CCc2ccncc2)c(OC)c1. The summed E-state index contributed by atoms with van der Waals surface area (Å²) < 4.78 is 10.3. The summed E-state index contributed by atoms with van der Waals surface area (Å²) in [6.07, 6.45) is 4.03. The van der Waals surface area contributed by atoms with Crippen LogP contribution in [0.15, 0.2) is 42.7 Å². The van der Waals surface area contributed by atoms with E-state index in [4.69, 9.17) is 9.47 Å². The first-order valence-corrected chi connectivity index (χ1v) is 7.72. The molecule has 1 aromatic heterocycles. The summed E-state index contributed by atoms with van der Waals surface area (Å²) in [4.78, 5) is 29.7. The second-order valence-corrected chi connectivity index (χ2v) is 5.35. The number of nitrogens with zero attached hydrogens (tertiary/aromatic N) is 2. The molecule has 0 aliphatic heterocycles. The standard InChI is InChI=1S/C18H21N3O4/c1-21(11-8-13-6-9-19-10-7-13)18(23)17(22)20-15-5-4-14(24-2)12-16(15)25-3/h4-7,9-10,12H,8,11H2,1-3H3,(H,20,22). The van der Waals surface area contributed by atoms with Crippen LogP contribution in [-0.2, 0) is 16.0 Å². The van der Waals surface area contributed by atoms with Crippen LogP contribution >= 0.6 is 0 Å². The largest absolute Gasteiger partial charge is 0.497 e. The van der Waals surface area contributed by atoms with Gasteiger partial charge in [-0.3, -0.25) is 14.6 Å². The lowest BCUT2D eigenvalue weighted by atomic mass is 10.2. The van der Waals surface area contributed by atoms with Gasteiger partial charge in [0.25, 0.3) is 0 Å². The molecule has 0 fully saturated rings. The van der Waals surface area contributed by atoms with E-state index in [1.165, 1.54) is 19.1 Å². The molecule has 2 rings (SSSR count). The molecule has 0 aliphatic carbocycles. The van der Waals surface area contributed by atoms with Gasteiger partial charge in [0.1, 0.15) is 11.5 Å². The predicted octanol–water partition coefficient (Wildman–Crippen LogP) is 1.74. The average Bonchev–Trinajstić information content (AvgIpc) is 2.66. The Bertz CT molecular complexity index is 734. The van der Waals surface area contributed by atoms with Crippen molar-refractivity contribution in [3.8, 4) is 11.5 Å². The Morgan fingerprint density at radius 3 is 2.48 bits per heavy atom. The number of carbonyl (C=O) groups is 2. The van der Waals surface area contributed by atoms with Crippen LogP contribution in [0, 0.1) is 0 Å². The number of aromatic nitrogens is 1. The predicted molar refractivity (Wildman–Crippen MR) is 93.8 cm³/mol. The number of benzene rings is 1. The molecule has 0 saturated carbocycles. The van der Waals surface area contributed by atoms with E-state index >= 15 is 0 Å². The highest BCUT2D eigenvalue weighted by Crippen LogP contribution is 2.28. The summed E-state index contributed by atoms with van der Waals surface area (Å²) in [5.74, 6) is -0.330. The first-order valence-electron chi connectivity index (χ1n) is 7.72. The number of ether oxygens (including phenoxy) is 2. The van der Waals surface area contributed by atoms with Gasteiger partial charge in [-0.25, -0.2) is 0 Å². The van der Waals surface area contributed by atoms with Crippen LogP contribution in [-0.4, -0.2) is 49.5 Å². The fraction of sp³-hybridized carbons (Fsp3) is 0.278. The summed E-state index contributed by atoms with van der Waals surface area (Å²) in [6.45, 7) is 0.427. The number of hydrogen-bond donors (Lipinski definition) is 1. The van der Waals surface area contributed by atoms with Crippen molar-refractivity contribution in [2.24, 2.45) is 0 Å². The van der Waals surface area contributed by atoms with Crippen LogP contribution in [0.5, 0.6) is 11.5 Å². The first kappa shape index (κ1) is 18.3. The highest BCUT2D eigenvalue weighted by molar-refractivity contribution is 6.39. The Morgan fingerprint density at radius 2 is 1.84 bits per heavy atom. The third-order valence-electron chi connectivity index (χ3n) is 3.68. The lowest BCUT2D eigenvalue weighted by Gasteiger charge is -2.17. The molecule has 7 nitrogen and oxygen atoms in total. The van der Waals surface area contributed by atoms with Gasteiger partial charge in [-0.15, -0.1) is 0 Å². The maximum Gasteiger partial charge on any atom is 0.313 e. The smallest absolute Gasteiger partial charge is 0.313 e. The number of rotatable bonds is 6. The van der Waals surface area contributed by atoms with Crippen molar-refractivity contribution in [1.29, 1.82) is 0 Å². The second-order valence-electron chi connectivity index (χ2n) is 5.35. The Kier molecular flexibility index (Phi) is 6.33. The zero-order valence-electron chi connectivity index (χ0n) is 14.5. The topological polar surface area (TPSA) is 80.8 Å². The van der Waals surface area contributed by atoms with Crippen molar-refractivity contribution in [3.05, 3.63) is 48.3 Å². The molecule has 1 aromatic carbocycles. The van der Waals surface area contributed by atoms with E-state index in [2.05, 4.69) is 10.3 Å². The quantitative estimate of drug-likeness (QED) is 0.808. The number of pyridine rings is 1. The molecule has 1 N–H and O–H groups in total. The second kappa shape index (κ2) is 8.68. The Balaban J connectivity index is 1.96. The van der Waals surface area contributed by atoms with Gasteiger partial charge in [0, 0.05) is 32.1 Å². The summed E-state index contributed by atoms with van der Waals surface area (Å²) in [5.41, 5.74) is 1.45. The third kappa shape index (κ3) is 4.94. The Morgan fingerprint density at radius 1 is 1.12 bits per heavy atom. The van der Waals surface area contributed by atoms with E-state index in [0.29, 0.717) is 30.2 Å². The lowest BCUT2D eigenvalue weighted by molar-refractivity contribution is -0.142. The van der Waals surface area contributed by atoms with Gasteiger partial charge in [-0.05, 0) is 36.2 Å². The molecule has 132 valence electrons. The molecule has 0 bridgehead atoms. The molecule has 0 atom stereocenters. The molecule has 0 saturated heterocycles. The molecule has 25 heavy (non-hydrogen) atoms. The maximum absolute atomic E-state index is 12.2. The molecule has 0 aliphatic rings. The van der Waals surface area contributed by atoms with Crippen molar-refractivity contribution >= 4 is 17.5 Å². The van der Waals surface area contributed by atoms with Gasteiger partial charge < -0.3 is 19.7 Å². The van der Waals surface area contributed by atoms with Crippen molar-refractivity contribution in [2.45, 2.75) is 6.42 Å². The lowest BCUT2D eigenvalue weighted by Crippen LogP contribution is -2.38. The molecular weight excluding hydrogens is 322 g/mol. The van der Waals surface area contributed by atoms with E-state index in [9.17, 15) is 9.59 Å². The van der Waals surface area contributed by atoms with E-state index in [-0.39, 0.29) is 0 Å². The molecule has 2 aromatic rings. The van der Waals surface area contributed by atoms with Crippen molar-refractivity contribution in [2.75, 3.05) is 33.1 Å². The molecule has 7 heteroatoms. The summed E-state index contributed by atoms with van der Waals surface area (Å²) in [7, 11) is 4.61. The molecule has 0 spiro atoms. The van der Waals surface area contributed by atoms with Crippen LogP contribution in [0.2, 0.25) is 0 Å². The molecule has 1 heterocycles. The van der Waals surface area contributed by atoms with E-state index in [0.717, 1.165) is 5.56 Å². The molecule has 2 amide bonds. The highest BCUT2D eigenvalue weighted by atomic mass is 16.5. The number of carbonyl (C=O) groups excluding carboxylic acids is 2. The van der Waals surface area contributed by atoms with Gasteiger partial charge in [0.15, 0.2) is 0 Å². The monoisotopic (exact) mass is 343 g/mol. The van der Waals surface area contributed by atoms with Gasteiger partial charge in [0.2, 0.25) is 0 Å². The van der Waals surface area contributed by atoms with Gasteiger partial charge in [-0.1, -0.05) is 0 Å². The zero-order chi connectivity index (χ0) is 18.2. The molecular formula is C18H21N3O4. The fourth-order valence-corrected chi connectivity index (χ4v) is 2.20. The number of anilines is 1. The molecule has 0 radical (unpaired) electrons. The van der Waals surface area contributed by atoms with Gasteiger partial charge >= 0.3 is 11.8 Å². The van der Waals surface area contributed by atoms with Crippen LogP contribution < -0.4 is 14.8 Å². The van der Waals surface area contributed by atoms with Crippen molar-refractivity contribution < 1.29 is 19.1 Å². The van der Waals surface area contributed by atoms with Crippen LogP contribution in [0.4, 0.5) is 5.69 Å². The first-order chi connectivity index (χ1) is 12.0. The normalized spacial score (nSPS) is 10.0. The fourth-order valence-electron chi connectivity index (χ4n) is 2.20. The Hall–Kier alpha value is -3.09. The minimum Gasteiger partial charge on any atom is -0.497 e. The summed E-state index contributed by atoms with van der Waals surface area (Å²) in [5, 5.41) is 2.57. The number of amides is 2. The number of methoxy groups -OCH3 is 2. The Labute approximate surface area is 146 Å². The summed E-state index contributed by atoms with van der Waals surface area (Å²) >= 11 is 0. The van der Waals surface area contributed by atoms with Gasteiger partial charge in [-0.2, -0.15) is 0 Å². The van der Waals surface area contributed by atoms with Gasteiger partial charge in [0.05, 0.1) is 19.9 Å². The van der Waals surface area contributed by atoms with Crippen molar-refractivity contribution in [1.82, 2.24) is 9.88 Å². The maximum atomic E-state index is 12.2. The van der Waals surface area contributed by atoms with Crippen LogP contribution in [0.25, 0.3) is 0 Å². The summed E-state index contributed by atoms with van der Waals surface area (Å²) in [6, 6.07) is 8.68. The highest BCUT2D eigenvalue weighted by Gasteiger charge is 2.20. The van der Waals surface area contributed by atoms with E-state index < -0.39 is 11.8 Å². The van der Waals surface area contributed by atoms with Crippen LogP contribution in [0.1, 0.15) is 5.56 Å². The number of likely N-dealkylation sites (N-methyl/N-ethyl adjacent to an activating group) is 1. The van der Waals surface area contributed by atoms with Crippen molar-refractivity contribution in [3.63, 3.8) is 0 Å².